The molecule has 8 heteroatoms. The van der Waals surface area contributed by atoms with Gasteiger partial charge in [-0.15, -0.1) is 0 Å². The number of nitrogens with one attached hydrogen (secondary N) is 1. The molecule has 4 rings (SSSR count). The van der Waals surface area contributed by atoms with Crippen molar-refractivity contribution in [3.8, 4) is 0 Å². The van der Waals surface area contributed by atoms with E-state index in [9.17, 15) is 18.0 Å². The van der Waals surface area contributed by atoms with Gasteiger partial charge in [-0.2, -0.15) is 0 Å². The summed E-state index contributed by atoms with van der Waals surface area (Å²) in [5.74, 6) is 0.172. The van der Waals surface area contributed by atoms with Crippen LogP contribution >= 0.6 is 0 Å². The predicted octanol–water partition coefficient (Wildman–Crippen LogP) is 2.38. The Kier molecular flexibility index (Phi) is 5.66. The van der Waals surface area contributed by atoms with Crippen LogP contribution in [-0.4, -0.2) is 50.4 Å². The summed E-state index contributed by atoms with van der Waals surface area (Å²) in [5.41, 5.74) is 2.82. The van der Waals surface area contributed by atoms with E-state index < -0.39 is 10.0 Å². The first-order valence-corrected chi connectivity index (χ1v) is 12.4. The van der Waals surface area contributed by atoms with Gasteiger partial charge in [0, 0.05) is 42.8 Å². The molecule has 2 amide bonds. The van der Waals surface area contributed by atoms with Gasteiger partial charge in [0.2, 0.25) is 21.8 Å². The molecule has 29 heavy (non-hydrogen) atoms. The van der Waals surface area contributed by atoms with Gasteiger partial charge in [0.25, 0.3) is 0 Å². The van der Waals surface area contributed by atoms with Crippen LogP contribution in [0.2, 0.25) is 0 Å². The number of hydrogen-bond donors (Lipinski definition) is 1. The molecule has 0 aromatic heterocycles. The van der Waals surface area contributed by atoms with Crippen LogP contribution in [0.1, 0.15) is 44.1 Å². The van der Waals surface area contributed by atoms with Crippen LogP contribution in [0.3, 0.4) is 0 Å². The molecule has 1 N–H and O–H groups in total. The Balaban J connectivity index is 1.37. The summed E-state index contributed by atoms with van der Waals surface area (Å²) in [5, 5.41) is 2.98. The van der Waals surface area contributed by atoms with Crippen LogP contribution in [-0.2, 0) is 26.0 Å². The number of hydrogen-bond acceptors (Lipinski definition) is 4. The fourth-order valence-corrected chi connectivity index (χ4v) is 5.67. The Labute approximate surface area is 172 Å². The number of carbonyl (C=O) groups is 2. The van der Waals surface area contributed by atoms with Crippen molar-refractivity contribution in [2.24, 2.45) is 11.8 Å². The van der Waals surface area contributed by atoms with Gasteiger partial charge in [-0.25, -0.2) is 12.7 Å². The van der Waals surface area contributed by atoms with E-state index in [1.54, 1.807) is 0 Å². The van der Waals surface area contributed by atoms with Gasteiger partial charge < -0.3 is 10.2 Å². The summed E-state index contributed by atoms with van der Waals surface area (Å²) in [7, 11) is -3.19. The van der Waals surface area contributed by atoms with Crippen molar-refractivity contribution in [2.75, 3.05) is 36.1 Å². The van der Waals surface area contributed by atoms with Crippen molar-refractivity contribution < 1.29 is 18.0 Å². The maximum atomic E-state index is 12.8. The van der Waals surface area contributed by atoms with Crippen LogP contribution in [0.5, 0.6) is 0 Å². The first kappa shape index (κ1) is 20.3. The van der Waals surface area contributed by atoms with Crippen LogP contribution in [0.15, 0.2) is 18.2 Å². The second-order valence-corrected chi connectivity index (χ2v) is 10.5. The van der Waals surface area contributed by atoms with Crippen molar-refractivity contribution >= 4 is 33.2 Å². The maximum absolute atomic E-state index is 12.8. The highest BCUT2D eigenvalue weighted by molar-refractivity contribution is 7.88. The summed E-state index contributed by atoms with van der Waals surface area (Å²) in [6.45, 7) is 1.49. The Morgan fingerprint density at radius 3 is 2.34 bits per heavy atom. The molecule has 1 aliphatic carbocycles. The number of fused-ring (bicyclic) bond motifs is 1. The Morgan fingerprint density at radius 1 is 1.00 bits per heavy atom. The molecule has 1 saturated carbocycles. The van der Waals surface area contributed by atoms with Crippen LogP contribution < -0.4 is 10.2 Å². The molecule has 1 aromatic rings. The van der Waals surface area contributed by atoms with Gasteiger partial charge >= 0.3 is 0 Å². The minimum Gasteiger partial charge on any atom is -0.326 e. The van der Waals surface area contributed by atoms with E-state index in [0.29, 0.717) is 32.5 Å². The first-order valence-electron chi connectivity index (χ1n) is 10.5. The second kappa shape index (κ2) is 8.07. The fourth-order valence-electron chi connectivity index (χ4n) is 4.80. The average Bonchev–Trinajstić information content (AvgIpc) is 3.36. The molecule has 0 radical (unpaired) electrons. The Bertz CT molecular complexity index is 901. The number of benzene rings is 1. The number of sulfonamides is 1. The van der Waals surface area contributed by atoms with E-state index in [2.05, 4.69) is 5.32 Å². The van der Waals surface area contributed by atoms with Crippen molar-refractivity contribution in [3.63, 3.8) is 0 Å². The fraction of sp³-hybridized carbons (Fsp3) is 0.619. The molecule has 2 heterocycles. The predicted molar refractivity (Wildman–Crippen MR) is 112 cm³/mol. The minimum absolute atomic E-state index is 0.0602. The van der Waals surface area contributed by atoms with Gasteiger partial charge in [-0.3, -0.25) is 9.59 Å². The van der Waals surface area contributed by atoms with Crippen molar-refractivity contribution in [2.45, 2.75) is 44.9 Å². The number of amides is 2. The lowest BCUT2D eigenvalue weighted by molar-refractivity contribution is -0.122. The molecule has 1 saturated heterocycles. The van der Waals surface area contributed by atoms with E-state index in [-0.39, 0.29) is 23.7 Å². The van der Waals surface area contributed by atoms with Gasteiger partial charge in [0.05, 0.1) is 6.26 Å². The van der Waals surface area contributed by atoms with E-state index in [0.717, 1.165) is 49.0 Å². The molecule has 7 nitrogen and oxygen atoms in total. The lowest BCUT2D eigenvalue weighted by atomic mass is 9.97. The molecule has 2 fully saturated rings. The third kappa shape index (κ3) is 4.33. The van der Waals surface area contributed by atoms with E-state index in [4.69, 9.17) is 0 Å². The minimum atomic E-state index is -3.19. The lowest BCUT2D eigenvalue weighted by Gasteiger charge is -2.29. The third-order valence-electron chi connectivity index (χ3n) is 6.51. The number of anilines is 2. The zero-order valence-electron chi connectivity index (χ0n) is 16.9. The van der Waals surface area contributed by atoms with Crippen LogP contribution in [0, 0.1) is 11.8 Å². The molecule has 2 aliphatic heterocycles. The average molecular weight is 420 g/mol. The van der Waals surface area contributed by atoms with Gasteiger partial charge in [-0.05, 0) is 55.9 Å². The SMILES string of the molecule is CS(=O)(=O)N1CCC(C(=O)Nc2ccc3c(c2)CCN3C(=O)C2CCCC2)CC1. The van der Waals surface area contributed by atoms with E-state index in [1.165, 1.54) is 10.6 Å². The molecule has 3 aliphatic rings. The van der Waals surface area contributed by atoms with Gasteiger partial charge in [-0.1, -0.05) is 12.8 Å². The third-order valence-corrected chi connectivity index (χ3v) is 7.81. The smallest absolute Gasteiger partial charge is 0.230 e. The van der Waals surface area contributed by atoms with Gasteiger partial charge in [0.15, 0.2) is 0 Å². The number of rotatable bonds is 4. The van der Waals surface area contributed by atoms with Crippen molar-refractivity contribution in [1.29, 1.82) is 0 Å². The highest BCUT2D eigenvalue weighted by Gasteiger charge is 2.32. The van der Waals surface area contributed by atoms with E-state index in [1.807, 2.05) is 23.1 Å². The largest absolute Gasteiger partial charge is 0.326 e. The van der Waals surface area contributed by atoms with Crippen LogP contribution in [0.25, 0.3) is 0 Å². The molecule has 0 bridgehead atoms. The lowest BCUT2D eigenvalue weighted by Crippen LogP contribution is -2.40. The summed E-state index contributed by atoms with van der Waals surface area (Å²) in [6, 6.07) is 5.78. The number of nitrogens with zero attached hydrogens (tertiary/aromatic N) is 2. The Hall–Kier alpha value is -1.93. The summed E-state index contributed by atoms with van der Waals surface area (Å²) >= 11 is 0. The normalized spacial score (nSPS) is 21.3. The van der Waals surface area contributed by atoms with Crippen molar-refractivity contribution in [3.05, 3.63) is 23.8 Å². The van der Waals surface area contributed by atoms with Crippen molar-refractivity contribution in [1.82, 2.24) is 4.31 Å². The number of piperidine rings is 1. The topological polar surface area (TPSA) is 86.8 Å². The summed E-state index contributed by atoms with van der Waals surface area (Å²) in [4.78, 5) is 27.3. The molecule has 158 valence electrons. The molecule has 0 unspecified atom stereocenters. The highest BCUT2D eigenvalue weighted by atomic mass is 32.2. The zero-order chi connectivity index (χ0) is 20.6. The van der Waals surface area contributed by atoms with Crippen LogP contribution in [0.4, 0.5) is 11.4 Å². The standard InChI is InChI=1S/C21H29N3O4S/c1-29(27,28)23-11-8-15(9-12-23)20(25)22-18-6-7-19-17(14-18)10-13-24(19)21(26)16-4-2-3-5-16/h6-7,14-16H,2-5,8-13H2,1H3,(H,22,25). The number of carbonyl (C=O) groups excluding carboxylic acids is 2. The maximum Gasteiger partial charge on any atom is 0.230 e. The zero-order valence-corrected chi connectivity index (χ0v) is 17.7. The molecule has 0 spiro atoms. The second-order valence-electron chi connectivity index (χ2n) is 8.49. The molecular weight excluding hydrogens is 390 g/mol. The molecule has 0 atom stereocenters. The Morgan fingerprint density at radius 2 is 1.69 bits per heavy atom. The first-order chi connectivity index (χ1) is 13.8. The van der Waals surface area contributed by atoms with E-state index >= 15 is 0 Å². The summed E-state index contributed by atoms with van der Waals surface area (Å²) < 4.78 is 24.7. The van der Waals surface area contributed by atoms with Gasteiger partial charge in [0.1, 0.15) is 0 Å². The molecular formula is C21H29N3O4S. The summed E-state index contributed by atoms with van der Waals surface area (Å²) in [6.07, 6.45) is 7.37. The monoisotopic (exact) mass is 419 g/mol. The highest BCUT2D eigenvalue weighted by Crippen LogP contribution is 2.35. The quantitative estimate of drug-likeness (QED) is 0.812. The molecule has 1 aromatic carbocycles.